The van der Waals surface area contributed by atoms with Gasteiger partial charge in [-0.15, -0.1) is 0 Å². The van der Waals surface area contributed by atoms with Gasteiger partial charge in [-0.05, 0) is 42.3 Å². The lowest BCUT2D eigenvalue weighted by molar-refractivity contribution is 0.309. The van der Waals surface area contributed by atoms with Gasteiger partial charge in [-0.3, -0.25) is 4.98 Å². The highest BCUT2D eigenvalue weighted by atomic mass is 35.5. The highest BCUT2D eigenvalue weighted by Gasteiger charge is 2.09. The highest BCUT2D eigenvalue weighted by molar-refractivity contribution is 6.30. The topological polar surface area (TPSA) is 50.8 Å². The first kappa shape index (κ1) is 19.0. The molecule has 0 aliphatic carbocycles. The van der Waals surface area contributed by atoms with Crippen LogP contribution in [0.3, 0.4) is 0 Å². The number of aromatic nitrogens is 2. The summed E-state index contributed by atoms with van der Waals surface area (Å²) in [5.74, 6) is 0.854. The lowest BCUT2D eigenvalue weighted by Crippen LogP contribution is -2.00. The van der Waals surface area contributed by atoms with Crippen LogP contribution in [0.15, 0.2) is 66.9 Å². The minimum atomic E-state index is 0.456. The fraction of sp³-hybridized carbons (Fsp3) is 0.167. The molecular weight excluding hydrogens is 382 g/mol. The average molecular weight is 402 g/mol. The summed E-state index contributed by atoms with van der Waals surface area (Å²) in [4.78, 5) is 4.72. The number of hydrogen-bond acceptors (Lipinski definition) is 3. The fourth-order valence-electron chi connectivity index (χ4n) is 3.34. The lowest BCUT2D eigenvalue weighted by Gasteiger charge is -2.12. The molecule has 0 aliphatic rings. The van der Waals surface area contributed by atoms with Crippen LogP contribution in [0.1, 0.15) is 30.3 Å². The van der Waals surface area contributed by atoms with Gasteiger partial charge >= 0.3 is 0 Å². The Bertz CT molecular complexity index is 1190. The van der Waals surface area contributed by atoms with E-state index in [0.717, 1.165) is 46.4 Å². The molecule has 0 aliphatic heterocycles. The van der Waals surface area contributed by atoms with Crippen molar-refractivity contribution in [3.63, 3.8) is 0 Å². The minimum Gasteiger partial charge on any atom is -0.488 e. The SMILES string of the molecule is CCCc1cc(OCc2ccc(-n3cc(Cl)cc3C#N)cc2)c2ccccc2n1. The molecule has 2 aromatic heterocycles. The molecule has 2 heterocycles. The predicted molar refractivity (Wildman–Crippen MR) is 116 cm³/mol. The van der Waals surface area contributed by atoms with Gasteiger partial charge in [0.1, 0.15) is 24.1 Å². The molecule has 0 atom stereocenters. The molecule has 2 aromatic carbocycles. The van der Waals surface area contributed by atoms with Crippen LogP contribution in [0.5, 0.6) is 5.75 Å². The summed E-state index contributed by atoms with van der Waals surface area (Å²) in [5.41, 5.74) is 4.44. The number of pyridine rings is 1. The van der Waals surface area contributed by atoms with Crippen LogP contribution < -0.4 is 4.74 Å². The Morgan fingerprint density at radius 2 is 1.90 bits per heavy atom. The average Bonchev–Trinajstić information content (AvgIpc) is 3.13. The Hall–Kier alpha value is -3.29. The summed E-state index contributed by atoms with van der Waals surface area (Å²) in [7, 11) is 0. The maximum Gasteiger partial charge on any atom is 0.131 e. The van der Waals surface area contributed by atoms with Gasteiger partial charge in [-0.25, -0.2) is 0 Å². The van der Waals surface area contributed by atoms with Crippen LogP contribution in [0.2, 0.25) is 5.02 Å². The molecule has 0 fully saturated rings. The Balaban J connectivity index is 1.56. The normalized spacial score (nSPS) is 10.8. The lowest BCUT2D eigenvalue weighted by atomic mass is 10.1. The molecule has 0 amide bonds. The van der Waals surface area contributed by atoms with Crippen molar-refractivity contribution in [2.45, 2.75) is 26.4 Å². The number of hydrogen-bond donors (Lipinski definition) is 0. The second-order valence-electron chi connectivity index (χ2n) is 6.86. The van der Waals surface area contributed by atoms with Crippen LogP contribution in [0.25, 0.3) is 16.6 Å². The van der Waals surface area contributed by atoms with Crippen molar-refractivity contribution in [3.05, 3.63) is 88.8 Å². The van der Waals surface area contributed by atoms with E-state index in [-0.39, 0.29) is 0 Å². The number of nitriles is 1. The molecule has 4 nitrogen and oxygen atoms in total. The van der Waals surface area contributed by atoms with E-state index in [9.17, 15) is 5.26 Å². The standard InChI is InChI=1S/C24H20ClN3O/c1-2-5-19-13-24(22-6-3-4-7-23(22)27-19)29-16-17-8-10-20(11-9-17)28-15-18(25)12-21(28)14-26/h3-4,6-13,15H,2,5,16H2,1H3. The number of fused-ring (bicyclic) bond motifs is 1. The third-order valence-electron chi connectivity index (χ3n) is 4.75. The molecule has 0 unspecified atom stereocenters. The number of halogens is 1. The molecule has 4 rings (SSSR count). The van der Waals surface area contributed by atoms with Gasteiger partial charge < -0.3 is 9.30 Å². The molecule has 29 heavy (non-hydrogen) atoms. The van der Waals surface area contributed by atoms with Crippen LogP contribution >= 0.6 is 11.6 Å². The second kappa shape index (κ2) is 8.38. The second-order valence-corrected chi connectivity index (χ2v) is 7.30. The highest BCUT2D eigenvalue weighted by Crippen LogP contribution is 2.27. The molecule has 0 N–H and O–H groups in total. The minimum absolute atomic E-state index is 0.456. The van der Waals surface area contributed by atoms with Gasteiger partial charge in [0, 0.05) is 29.0 Å². The number of rotatable bonds is 6. The smallest absolute Gasteiger partial charge is 0.131 e. The van der Waals surface area contributed by atoms with Crippen molar-refractivity contribution in [3.8, 4) is 17.5 Å². The van der Waals surface area contributed by atoms with E-state index in [1.165, 1.54) is 0 Å². The first-order valence-electron chi connectivity index (χ1n) is 9.56. The monoisotopic (exact) mass is 401 g/mol. The maximum atomic E-state index is 9.25. The van der Waals surface area contributed by atoms with Crippen molar-refractivity contribution in [2.75, 3.05) is 0 Å². The fourth-order valence-corrected chi connectivity index (χ4v) is 3.54. The summed E-state index contributed by atoms with van der Waals surface area (Å²) in [5, 5.41) is 10.8. The summed E-state index contributed by atoms with van der Waals surface area (Å²) >= 11 is 6.03. The van der Waals surface area contributed by atoms with E-state index in [1.807, 2.05) is 54.6 Å². The van der Waals surface area contributed by atoms with Gasteiger partial charge in [-0.2, -0.15) is 5.26 Å². The van der Waals surface area contributed by atoms with Gasteiger partial charge in [0.05, 0.1) is 10.5 Å². The van der Waals surface area contributed by atoms with Crippen LogP contribution in [-0.4, -0.2) is 9.55 Å². The number of aryl methyl sites for hydroxylation is 1. The number of para-hydroxylation sites is 1. The molecule has 144 valence electrons. The van der Waals surface area contributed by atoms with Gasteiger partial charge in [0.2, 0.25) is 0 Å². The van der Waals surface area contributed by atoms with E-state index in [1.54, 1.807) is 16.8 Å². The van der Waals surface area contributed by atoms with E-state index >= 15 is 0 Å². The third-order valence-corrected chi connectivity index (χ3v) is 4.95. The van der Waals surface area contributed by atoms with E-state index in [4.69, 9.17) is 21.3 Å². The van der Waals surface area contributed by atoms with Gasteiger partial charge in [0.15, 0.2) is 0 Å². The first-order chi connectivity index (χ1) is 14.2. The number of nitrogens with zero attached hydrogens (tertiary/aromatic N) is 3. The quantitative estimate of drug-likeness (QED) is 0.393. The van der Waals surface area contributed by atoms with E-state index < -0.39 is 0 Å². The van der Waals surface area contributed by atoms with Crippen molar-refractivity contribution < 1.29 is 4.74 Å². The Morgan fingerprint density at radius 3 is 2.66 bits per heavy atom. The zero-order valence-electron chi connectivity index (χ0n) is 16.1. The zero-order valence-corrected chi connectivity index (χ0v) is 16.9. The van der Waals surface area contributed by atoms with Crippen molar-refractivity contribution >= 4 is 22.5 Å². The summed E-state index contributed by atoms with van der Waals surface area (Å²) in [6, 6.07) is 21.8. The van der Waals surface area contributed by atoms with E-state index in [0.29, 0.717) is 17.3 Å². The molecule has 0 bridgehead atoms. The Morgan fingerprint density at radius 1 is 1.10 bits per heavy atom. The van der Waals surface area contributed by atoms with Crippen molar-refractivity contribution in [2.24, 2.45) is 0 Å². The zero-order chi connectivity index (χ0) is 20.2. The number of benzene rings is 2. The van der Waals surface area contributed by atoms with Crippen LogP contribution in [0, 0.1) is 11.3 Å². The Kier molecular flexibility index (Phi) is 5.50. The molecule has 0 spiro atoms. The van der Waals surface area contributed by atoms with Crippen molar-refractivity contribution in [1.29, 1.82) is 5.26 Å². The van der Waals surface area contributed by atoms with Gasteiger partial charge in [-0.1, -0.05) is 49.2 Å². The van der Waals surface area contributed by atoms with Crippen molar-refractivity contribution in [1.82, 2.24) is 9.55 Å². The molecule has 4 aromatic rings. The molecular formula is C24H20ClN3O. The largest absolute Gasteiger partial charge is 0.488 e. The first-order valence-corrected chi connectivity index (χ1v) is 9.94. The third kappa shape index (κ3) is 4.11. The summed E-state index contributed by atoms with van der Waals surface area (Å²) < 4.78 is 7.94. The predicted octanol–water partition coefficient (Wildman–Crippen LogP) is 6.08. The molecule has 0 radical (unpaired) electrons. The Labute approximate surface area is 175 Å². The summed E-state index contributed by atoms with van der Waals surface area (Å²) in [6.45, 7) is 2.60. The van der Waals surface area contributed by atoms with Gasteiger partial charge in [0.25, 0.3) is 0 Å². The molecule has 5 heteroatoms. The maximum absolute atomic E-state index is 9.25. The number of ether oxygens (including phenoxy) is 1. The summed E-state index contributed by atoms with van der Waals surface area (Å²) in [6.07, 6.45) is 3.71. The van der Waals surface area contributed by atoms with Crippen LogP contribution in [-0.2, 0) is 13.0 Å². The molecule has 0 saturated heterocycles. The van der Waals surface area contributed by atoms with Crippen LogP contribution in [0.4, 0.5) is 0 Å². The molecule has 0 saturated carbocycles. The van der Waals surface area contributed by atoms with E-state index in [2.05, 4.69) is 13.0 Å².